The molecule has 0 bridgehead atoms. The van der Waals surface area contributed by atoms with Crippen LogP contribution in [-0.2, 0) is 6.42 Å². The van der Waals surface area contributed by atoms with Gasteiger partial charge in [-0.25, -0.2) is 9.97 Å². The third-order valence-corrected chi connectivity index (χ3v) is 4.09. The molecule has 27 heavy (non-hydrogen) atoms. The standard InChI is InChI=1S/C22H24N4O/c1-2-14-23-20-16-19(25-21(26-20)18-11-7-4-8-12-18)22(27)24-15-13-17-9-5-3-6-10-17/h3-12,16H,2,13-15H2,1H3,(H,24,27)(H,23,25,26). The maximum absolute atomic E-state index is 12.6. The Bertz CT molecular complexity index is 866. The van der Waals surface area contributed by atoms with Gasteiger partial charge in [0.1, 0.15) is 11.5 Å². The fourth-order valence-corrected chi connectivity index (χ4v) is 2.68. The normalized spacial score (nSPS) is 10.4. The summed E-state index contributed by atoms with van der Waals surface area (Å²) in [5.41, 5.74) is 2.45. The number of carbonyl (C=O) groups is 1. The SMILES string of the molecule is CCCNc1cc(C(=O)NCCc2ccccc2)nc(-c2ccccc2)n1. The molecule has 5 nitrogen and oxygen atoms in total. The summed E-state index contributed by atoms with van der Waals surface area (Å²) in [6.45, 7) is 3.44. The van der Waals surface area contributed by atoms with Gasteiger partial charge in [-0.15, -0.1) is 0 Å². The molecule has 5 heteroatoms. The van der Waals surface area contributed by atoms with Crippen molar-refractivity contribution in [3.05, 3.63) is 78.0 Å². The van der Waals surface area contributed by atoms with Crippen molar-refractivity contribution < 1.29 is 4.79 Å². The molecule has 2 aromatic carbocycles. The van der Waals surface area contributed by atoms with Gasteiger partial charge in [-0.2, -0.15) is 0 Å². The Morgan fingerprint density at radius 2 is 1.63 bits per heavy atom. The van der Waals surface area contributed by atoms with Gasteiger partial charge in [-0.05, 0) is 18.4 Å². The Morgan fingerprint density at radius 3 is 2.33 bits per heavy atom. The van der Waals surface area contributed by atoms with Crippen molar-refractivity contribution in [3.63, 3.8) is 0 Å². The molecular formula is C22H24N4O. The minimum atomic E-state index is -0.190. The van der Waals surface area contributed by atoms with Crippen LogP contribution < -0.4 is 10.6 Å². The third kappa shape index (κ3) is 5.38. The molecule has 0 aliphatic heterocycles. The molecule has 1 amide bonds. The molecule has 3 rings (SSSR count). The Hall–Kier alpha value is -3.21. The van der Waals surface area contributed by atoms with Gasteiger partial charge in [-0.3, -0.25) is 4.79 Å². The summed E-state index contributed by atoms with van der Waals surface area (Å²) >= 11 is 0. The predicted octanol–water partition coefficient (Wildman–Crippen LogP) is 3.94. The summed E-state index contributed by atoms with van der Waals surface area (Å²) in [4.78, 5) is 21.6. The smallest absolute Gasteiger partial charge is 0.270 e. The summed E-state index contributed by atoms with van der Waals surface area (Å²) in [6.07, 6.45) is 1.76. The molecule has 0 aliphatic carbocycles. The lowest BCUT2D eigenvalue weighted by Crippen LogP contribution is -2.27. The van der Waals surface area contributed by atoms with Crippen LogP contribution >= 0.6 is 0 Å². The highest BCUT2D eigenvalue weighted by atomic mass is 16.1. The number of nitrogens with zero attached hydrogens (tertiary/aromatic N) is 2. The number of aromatic nitrogens is 2. The van der Waals surface area contributed by atoms with Gasteiger partial charge in [0.05, 0.1) is 0 Å². The second-order valence-corrected chi connectivity index (χ2v) is 6.25. The van der Waals surface area contributed by atoms with Gasteiger partial charge >= 0.3 is 0 Å². The molecule has 1 aromatic heterocycles. The topological polar surface area (TPSA) is 66.9 Å². The van der Waals surface area contributed by atoms with Crippen LogP contribution in [0.1, 0.15) is 29.4 Å². The van der Waals surface area contributed by atoms with E-state index in [-0.39, 0.29) is 5.91 Å². The summed E-state index contributed by atoms with van der Waals surface area (Å²) in [5.74, 6) is 1.02. The molecule has 0 unspecified atom stereocenters. The van der Waals surface area contributed by atoms with Crippen LogP contribution in [0, 0.1) is 0 Å². The van der Waals surface area contributed by atoms with E-state index in [0.29, 0.717) is 23.9 Å². The zero-order valence-corrected chi connectivity index (χ0v) is 15.5. The maximum atomic E-state index is 12.6. The highest BCUT2D eigenvalue weighted by Gasteiger charge is 2.12. The first kappa shape index (κ1) is 18.6. The van der Waals surface area contributed by atoms with Crippen molar-refractivity contribution in [2.45, 2.75) is 19.8 Å². The molecule has 0 atom stereocenters. The van der Waals surface area contributed by atoms with E-state index in [9.17, 15) is 4.79 Å². The van der Waals surface area contributed by atoms with E-state index in [0.717, 1.165) is 24.9 Å². The molecule has 138 valence electrons. The maximum Gasteiger partial charge on any atom is 0.270 e. The first-order valence-electron chi connectivity index (χ1n) is 9.27. The van der Waals surface area contributed by atoms with Crippen LogP contribution in [0.3, 0.4) is 0 Å². The van der Waals surface area contributed by atoms with Gasteiger partial charge in [0.2, 0.25) is 0 Å². The van der Waals surface area contributed by atoms with Crippen LogP contribution in [0.5, 0.6) is 0 Å². The quantitative estimate of drug-likeness (QED) is 0.638. The van der Waals surface area contributed by atoms with E-state index >= 15 is 0 Å². The molecule has 0 aliphatic rings. The van der Waals surface area contributed by atoms with Crippen LogP contribution in [0.4, 0.5) is 5.82 Å². The van der Waals surface area contributed by atoms with E-state index < -0.39 is 0 Å². The van der Waals surface area contributed by atoms with Crippen molar-refractivity contribution in [2.75, 3.05) is 18.4 Å². The fourth-order valence-electron chi connectivity index (χ4n) is 2.68. The van der Waals surface area contributed by atoms with Gasteiger partial charge in [0.15, 0.2) is 5.82 Å². The van der Waals surface area contributed by atoms with E-state index in [1.807, 2.05) is 48.5 Å². The fraction of sp³-hybridized carbons (Fsp3) is 0.227. The number of hydrogen-bond acceptors (Lipinski definition) is 4. The van der Waals surface area contributed by atoms with Crippen LogP contribution in [-0.4, -0.2) is 29.0 Å². The minimum absolute atomic E-state index is 0.190. The molecule has 0 spiro atoms. The molecule has 3 aromatic rings. The second-order valence-electron chi connectivity index (χ2n) is 6.25. The summed E-state index contributed by atoms with van der Waals surface area (Å²) in [6, 6.07) is 21.5. The third-order valence-electron chi connectivity index (χ3n) is 4.09. The van der Waals surface area contributed by atoms with Crippen LogP contribution in [0.2, 0.25) is 0 Å². The van der Waals surface area contributed by atoms with Gasteiger partial charge < -0.3 is 10.6 Å². The summed E-state index contributed by atoms with van der Waals surface area (Å²) in [5, 5.41) is 6.20. The molecule has 0 fully saturated rings. The zero-order valence-electron chi connectivity index (χ0n) is 15.5. The van der Waals surface area contributed by atoms with E-state index in [1.165, 1.54) is 5.56 Å². The summed E-state index contributed by atoms with van der Waals surface area (Å²) in [7, 11) is 0. The number of rotatable bonds is 8. The Morgan fingerprint density at radius 1 is 0.926 bits per heavy atom. The Labute approximate surface area is 159 Å². The number of carbonyl (C=O) groups excluding carboxylic acids is 1. The van der Waals surface area contributed by atoms with Gasteiger partial charge in [0, 0.05) is 24.7 Å². The second kappa shape index (κ2) is 9.48. The Kier molecular flexibility index (Phi) is 6.52. The molecular weight excluding hydrogens is 336 g/mol. The number of hydrogen-bond donors (Lipinski definition) is 2. The summed E-state index contributed by atoms with van der Waals surface area (Å²) < 4.78 is 0. The first-order chi connectivity index (χ1) is 13.3. The highest BCUT2D eigenvalue weighted by Crippen LogP contribution is 2.18. The van der Waals surface area contributed by atoms with Crippen LogP contribution in [0.15, 0.2) is 66.7 Å². The first-order valence-corrected chi connectivity index (χ1v) is 9.27. The zero-order chi connectivity index (χ0) is 18.9. The lowest BCUT2D eigenvalue weighted by molar-refractivity contribution is 0.0949. The molecule has 0 saturated heterocycles. The van der Waals surface area contributed by atoms with Gasteiger partial charge in [-0.1, -0.05) is 67.6 Å². The van der Waals surface area contributed by atoms with E-state index in [4.69, 9.17) is 0 Å². The van der Waals surface area contributed by atoms with Crippen molar-refractivity contribution in [1.82, 2.24) is 15.3 Å². The molecule has 0 saturated carbocycles. The van der Waals surface area contributed by atoms with E-state index in [1.54, 1.807) is 6.07 Å². The number of nitrogens with one attached hydrogen (secondary N) is 2. The lowest BCUT2D eigenvalue weighted by Gasteiger charge is -2.10. The lowest BCUT2D eigenvalue weighted by atomic mass is 10.1. The molecule has 2 N–H and O–H groups in total. The Balaban J connectivity index is 1.75. The average molecular weight is 360 g/mol. The minimum Gasteiger partial charge on any atom is -0.370 e. The van der Waals surface area contributed by atoms with Crippen molar-refractivity contribution in [1.29, 1.82) is 0 Å². The largest absolute Gasteiger partial charge is 0.370 e. The predicted molar refractivity (Wildman–Crippen MR) is 109 cm³/mol. The van der Waals surface area contributed by atoms with Crippen molar-refractivity contribution in [3.8, 4) is 11.4 Å². The number of amides is 1. The van der Waals surface area contributed by atoms with E-state index in [2.05, 4.69) is 39.7 Å². The number of anilines is 1. The van der Waals surface area contributed by atoms with Crippen LogP contribution in [0.25, 0.3) is 11.4 Å². The van der Waals surface area contributed by atoms with Gasteiger partial charge in [0.25, 0.3) is 5.91 Å². The monoisotopic (exact) mass is 360 g/mol. The molecule has 1 heterocycles. The molecule has 0 radical (unpaired) electrons. The average Bonchev–Trinajstić information content (AvgIpc) is 2.73. The van der Waals surface area contributed by atoms with Crippen molar-refractivity contribution >= 4 is 11.7 Å². The highest BCUT2D eigenvalue weighted by molar-refractivity contribution is 5.93. The number of benzene rings is 2. The van der Waals surface area contributed by atoms with Crippen molar-refractivity contribution in [2.24, 2.45) is 0 Å².